The molecular formula is C19H18N4O3. The van der Waals surface area contributed by atoms with Gasteiger partial charge in [-0.3, -0.25) is 14.9 Å². The highest BCUT2D eigenvalue weighted by molar-refractivity contribution is 5.92. The number of aryl methyl sites for hydroxylation is 1. The van der Waals surface area contributed by atoms with Crippen LogP contribution in [0.2, 0.25) is 0 Å². The van der Waals surface area contributed by atoms with Crippen LogP contribution >= 0.6 is 0 Å². The number of aromatic amines is 1. The molecule has 0 aliphatic carbocycles. The maximum Gasteiger partial charge on any atom is 0.274 e. The minimum atomic E-state index is -0.169. The minimum absolute atomic E-state index is 0.0614. The molecule has 7 nitrogen and oxygen atoms in total. The van der Waals surface area contributed by atoms with Crippen LogP contribution in [0.5, 0.6) is 11.5 Å². The Hall–Kier alpha value is -3.35. The summed E-state index contributed by atoms with van der Waals surface area (Å²) in [5, 5.41) is 17.2. The molecule has 1 aliphatic heterocycles. The van der Waals surface area contributed by atoms with Crippen molar-refractivity contribution in [2.75, 3.05) is 13.2 Å². The SMILES string of the molecule is Cc1cc(C(=O)N2CCOc3c(O)cc(-c4cccnc4)cc3C2)n[nH]1. The number of ether oxygens (including phenoxy) is 1. The maximum absolute atomic E-state index is 12.7. The number of aromatic nitrogens is 3. The molecule has 2 N–H and O–H groups in total. The maximum atomic E-state index is 12.7. The van der Waals surface area contributed by atoms with Crippen molar-refractivity contribution >= 4 is 5.91 Å². The lowest BCUT2D eigenvalue weighted by Gasteiger charge is -2.18. The first-order valence-corrected chi connectivity index (χ1v) is 8.32. The van der Waals surface area contributed by atoms with Gasteiger partial charge in [0.2, 0.25) is 0 Å². The van der Waals surface area contributed by atoms with Crippen molar-refractivity contribution in [3.8, 4) is 22.6 Å². The fraction of sp³-hybridized carbons (Fsp3) is 0.211. The van der Waals surface area contributed by atoms with Gasteiger partial charge < -0.3 is 14.7 Å². The van der Waals surface area contributed by atoms with Crippen LogP contribution in [0.1, 0.15) is 21.7 Å². The molecule has 1 aromatic carbocycles. The molecule has 7 heteroatoms. The van der Waals surface area contributed by atoms with E-state index in [0.717, 1.165) is 22.4 Å². The topological polar surface area (TPSA) is 91.3 Å². The number of H-pyrrole nitrogens is 1. The van der Waals surface area contributed by atoms with E-state index in [1.807, 2.05) is 25.1 Å². The highest BCUT2D eigenvalue weighted by atomic mass is 16.5. The standard InChI is InChI=1S/C19H18N4O3/c1-12-7-16(22-21-12)19(25)23-5-6-26-18-15(11-23)8-14(9-17(18)24)13-3-2-4-20-10-13/h2-4,7-10,24H,5-6,11H2,1H3,(H,21,22). The minimum Gasteiger partial charge on any atom is -0.504 e. The number of aromatic hydroxyl groups is 1. The van der Waals surface area contributed by atoms with Gasteiger partial charge in [-0.15, -0.1) is 0 Å². The van der Waals surface area contributed by atoms with Gasteiger partial charge in [-0.2, -0.15) is 5.10 Å². The van der Waals surface area contributed by atoms with Crippen LogP contribution in [0.3, 0.4) is 0 Å². The van der Waals surface area contributed by atoms with Gasteiger partial charge in [-0.25, -0.2) is 0 Å². The molecule has 0 radical (unpaired) electrons. The van der Waals surface area contributed by atoms with E-state index in [-0.39, 0.29) is 11.7 Å². The summed E-state index contributed by atoms with van der Waals surface area (Å²) in [5.41, 5.74) is 3.66. The first-order chi connectivity index (χ1) is 12.6. The lowest BCUT2D eigenvalue weighted by molar-refractivity contribution is 0.0727. The Morgan fingerprint density at radius 2 is 2.19 bits per heavy atom. The molecule has 2 aromatic heterocycles. The zero-order valence-electron chi connectivity index (χ0n) is 14.3. The van der Waals surface area contributed by atoms with E-state index in [0.29, 0.717) is 31.1 Å². The third-order valence-corrected chi connectivity index (χ3v) is 4.32. The number of hydrogen-bond acceptors (Lipinski definition) is 5. The third kappa shape index (κ3) is 2.99. The van der Waals surface area contributed by atoms with Gasteiger partial charge in [0, 0.05) is 35.8 Å². The molecule has 26 heavy (non-hydrogen) atoms. The van der Waals surface area contributed by atoms with Crippen molar-refractivity contribution in [2.45, 2.75) is 13.5 Å². The highest BCUT2D eigenvalue weighted by Crippen LogP contribution is 2.37. The highest BCUT2D eigenvalue weighted by Gasteiger charge is 2.25. The number of fused-ring (bicyclic) bond motifs is 1. The molecule has 1 amide bonds. The van der Waals surface area contributed by atoms with E-state index in [1.165, 1.54) is 0 Å². The zero-order valence-corrected chi connectivity index (χ0v) is 14.3. The number of carbonyl (C=O) groups is 1. The smallest absolute Gasteiger partial charge is 0.274 e. The van der Waals surface area contributed by atoms with Crippen molar-refractivity contribution < 1.29 is 14.6 Å². The number of pyridine rings is 1. The van der Waals surface area contributed by atoms with E-state index in [9.17, 15) is 9.90 Å². The van der Waals surface area contributed by atoms with Gasteiger partial charge in [0.05, 0.1) is 6.54 Å². The number of nitrogens with zero attached hydrogens (tertiary/aromatic N) is 3. The number of carbonyl (C=O) groups excluding carboxylic acids is 1. The molecule has 132 valence electrons. The molecule has 4 rings (SSSR count). The van der Waals surface area contributed by atoms with E-state index in [4.69, 9.17) is 4.74 Å². The molecule has 0 fully saturated rings. The van der Waals surface area contributed by atoms with E-state index >= 15 is 0 Å². The fourth-order valence-electron chi connectivity index (χ4n) is 3.06. The molecular weight excluding hydrogens is 332 g/mol. The summed E-state index contributed by atoms with van der Waals surface area (Å²) in [5.74, 6) is 0.314. The number of hydrogen-bond donors (Lipinski definition) is 2. The van der Waals surface area contributed by atoms with Gasteiger partial charge >= 0.3 is 0 Å². The van der Waals surface area contributed by atoms with Gasteiger partial charge in [0.25, 0.3) is 5.91 Å². The Bertz CT molecular complexity index is 953. The van der Waals surface area contributed by atoms with Crippen molar-refractivity contribution in [1.82, 2.24) is 20.1 Å². The van der Waals surface area contributed by atoms with Crippen LogP contribution < -0.4 is 4.74 Å². The zero-order chi connectivity index (χ0) is 18.1. The molecule has 0 bridgehead atoms. The largest absolute Gasteiger partial charge is 0.504 e. The van der Waals surface area contributed by atoms with Gasteiger partial charge in [-0.1, -0.05) is 6.07 Å². The van der Waals surface area contributed by atoms with Gasteiger partial charge in [-0.05, 0) is 36.8 Å². The Balaban J connectivity index is 1.69. The summed E-state index contributed by atoms with van der Waals surface area (Å²) in [7, 11) is 0. The number of amides is 1. The Morgan fingerprint density at radius 3 is 2.92 bits per heavy atom. The average molecular weight is 350 g/mol. The molecule has 0 atom stereocenters. The average Bonchev–Trinajstić information content (AvgIpc) is 2.96. The van der Waals surface area contributed by atoms with Crippen molar-refractivity contribution in [2.24, 2.45) is 0 Å². The lowest BCUT2D eigenvalue weighted by Crippen LogP contribution is -2.32. The summed E-state index contributed by atoms with van der Waals surface area (Å²) in [4.78, 5) is 18.5. The quantitative estimate of drug-likeness (QED) is 0.741. The van der Waals surface area contributed by atoms with Crippen molar-refractivity contribution in [3.05, 3.63) is 59.7 Å². The van der Waals surface area contributed by atoms with Crippen LogP contribution in [0, 0.1) is 6.92 Å². The van der Waals surface area contributed by atoms with Crippen LogP contribution in [-0.2, 0) is 6.54 Å². The number of nitrogens with one attached hydrogen (secondary N) is 1. The third-order valence-electron chi connectivity index (χ3n) is 4.32. The predicted octanol–water partition coefficient (Wildman–Crippen LogP) is 2.52. The number of benzene rings is 1. The first-order valence-electron chi connectivity index (χ1n) is 8.32. The van der Waals surface area contributed by atoms with E-state index in [2.05, 4.69) is 15.2 Å². The second-order valence-corrected chi connectivity index (χ2v) is 6.24. The number of phenolic OH excluding ortho intramolecular Hbond substituents is 1. The molecule has 3 aromatic rings. The summed E-state index contributed by atoms with van der Waals surface area (Å²) >= 11 is 0. The molecule has 0 saturated heterocycles. The molecule has 0 saturated carbocycles. The predicted molar refractivity (Wildman–Crippen MR) is 94.9 cm³/mol. The fourth-order valence-corrected chi connectivity index (χ4v) is 3.06. The van der Waals surface area contributed by atoms with E-state index < -0.39 is 0 Å². The van der Waals surface area contributed by atoms with Crippen LogP contribution in [0.25, 0.3) is 11.1 Å². The normalized spacial score (nSPS) is 13.7. The van der Waals surface area contributed by atoms with Crippen LogP contribution in [-0.4, -0.2) is 44.2 Å². The molecule has 1 aliphatic rings. The summed E-state index contributed by atoms with van der Waals surface area (Å²) < 4.78 is 5.70. The summed E-state index contributed by atoms with van der Waals surface area (Å²) in [6.45, 7) is 2.91. The second kappa shape index (κ2) is 6.51. The van der Waals surface area contributed by atoms with Crippen molar-refractivity contribution in [1.29, 1.82) is 0 Å². The molecule has 3 heterocycles. The summed E-state index contributed by atoms with van der Waals surface area (Å²) in [6, 6.07) is 9.06. The van der Waals surface area contributed by atoms with Crippen molar-refractivity contribution in [3.63, 3.8) is 0 Å². The number of rotatable bonds is 2. The Morgan fingerprint density at radius 1 is 1.31 bits per heavy atom. The molecule has 0 spiro atoms. The van der Waals surface area contributed by atoms with Gasteiger partial charge in [0.15, 0.2) is 11.5 Å². The second-order valence-electron chi connectivity index (χ2n) is 6.24. The lowest BCUT2D eigenvalue weighted by atomic mass is 10.0. The monoisotopic (exact) mass is 350 g/mol. The Labute approximate surface area is 150 Å². The van der Waals surface area contributed by atoms with Crippen LogP contribution in [0.4, 0.5) is 0 Å². The van der Waals surface area contributed by atoms with Crippen LogP contribution in [0.15, 0.2) is 42.7 Å². The Kier molecular flexibility index (Phi) is 4.04. The number of phenols is 1. The van der Waals surface area contributed by atoms with E-state index in [1.54, 1.807) is 29.4 Å². The summed E-state index contributed by atoms with van der Waals surface area (Å²) in [6.07, 6.45) is 3.43. The van der Waals surface area contributed by atoms with Gasteiger partial charge in [0.1, 0.15) is 12.3 Å². The first kappa shape index (κ1) is 16.1. The molecule has 0 unspecified atom stereocenters.